The van der Waals surface area contributed by atoms with Gasteiger partial charge in [0.15, 0.2) is 5.76 Å². The van der Waals surface area contributed by atoms with Crippen LogP contribution in [0, 0.1) is 11.3 Å². The van der Waals surface area contributed by atoms with Crippen LogP contribution in [0.5, 0.6) is 0 Å². The summed E-state index contributed by atoms with van der Waals surface area (Å²) in [7, 11) is 1.65. The van der Waals surface area contributed by atoms with Crippen molar-refractivity contribution in [2.75, 3.05) is 37.7 Å². The minimum Gasteiger partial charge on any atom is -0.488 e. The Bertz CT molecular complexity index is 1090. The van der Waals surface area contributed by atoms with Crippen LogP contribution in [0.2, 0.25) is 5.02 Å². The van der Waals surface area contributed by atoms with Gasteiger partial charge in [0.05, 0.1) is 17.8 Å². The van der Waals surface area contributed by atoms with Crippen LogP contribution in [-0.4, -0.2) is 48.2 Å². The van der Waals surface area contributed by atoms with Crippen molar-refractivity contribution in [1.82, 2.24) is 9.47 Å². The smallest absolute Gasteiger partial charge is 0.288 e. The zero-order valence-corrected chi connectivity index (χ0v) is 16.2. The van der Waals surface area contributed by atoms with Gasteiger partial charge >= 0.3 is 0 Å². The lowest BCUT2D eigenvalue weighted by Gasteiger charge is -2.37. The second-order valence-corrected chi connectivity index (χ2v) is 7.28. The van der Waals surface area contributed by atoms with Crippen LogP contribution in [0.4, 0.5) is 5.69 Å². The average molecular weight is 399 g/mol. The molecule has 0 atom stereocenters. The van der Waals surface area contributed by atoms with E-state index in [-0.39, 0.29) is 17.0 Å². The number of hydrogen-bond acceptors (Lipinski definition) is 5. The Morgan fingerprint density at radius 3 is 2.64 bits per heavy atom. The quantitative estimate of drug-likeness (QED) is 0.773. The number of halogens is 1. The van der Waals surface area contributed by atoms with Crippen molar-refractivity contribution in [3.63, 3.8) is 0 Å². The van der Waals surface area contributed by atoms with Gasteiger partial charge < -0.3 is 19.1 Å². The molecule has 0 bridgehead atoms. The first-order valence-electron chi connectivity index (χ1n) is 9.11. The van der Waals surface area contributed by atoms with Crippen molar-refractivity contribution in [2.24, 2.45) is 7.05 Å². The van der Waals surface area contributed by atoms with Crippen LogP contribution < -0.4 is 10.5 Å². The minimum atomic E-state index is -0.338. The lowest BCUT2D eigenvalue weighted by molar-refractivity contribution is -0.130. The average Bonchev–Trinajstić information content (AvgIpc) is 3.25. The number of nitriles is 1. The third-order valence-electron chi connectivity index (χ3n) is 5.24. The maximum absolute atomic E-state index is 12.7. The number of hydrogen-bond donors (Lipinski definition) is 0. The van der Waals surface area contributed by atoms with Gasteiger partial charge in [0, 0.05) is 50.1 Å². The standard InChI is InChI=1S/C20H19ClN4O3/c1-23-16-5-4-13(21)11-14(16)18(15(12-22)19(23)26)24-6-8-25(9-7-24)20(27)17-3-2-10-28-17/h3-5,11H,2,6-10H2,1H3. The number of aryl methyl sites for hydroxylation is 1. The number of ether oxygens (including phenoxy) is 1. The molecule has 2 aromatic rings. The minimum absolute atomic E-state index is 0.0962. The number of benzene rings is 1. The summed E-state index contributed by atoms with van der Waals surface area (Å²) >= 11 is 6.19. The molecule has 2 aliphatic rings. The fraction of sp³-hybridized carbons (Fsp3) is 0.350. The normalized spacial score (nSPS) is 16.7. The van der Waals surface area contributed by atoms with Crippen molar-refractivity contribution >= 4 is 34.1 Å². The first-order chi connectivity index (χ1) is 13.5. The molecule has 1 aromatic heterocycles. The number of carbonyl (C=O) groups is 1. The highest BCUT2D eigenvalue weighted by Gasteiger charge is 2.28. The van der Waals surface area contributed by atoms with E-state index in [2.05, 4.69) is 6.07 Å². The number of carbonyl (C=O) groups excluding carboxylic acids is 1. The molecular formula is C20H19ClN4O3. The number of fused-ring (bicyclic) bond motifs is 1. The van der Waals surface area contributed by atoms with E-state index in [4.69, 9.17) is 16.3 Å². The largest absolute Gasteiger partial charge is 0.488 e. The highest BCUT2D eigenvalue weighted by atomic mass is 35.5. The first-order valence-corrected chi connectivity index (χ1v) is 9.48. The topological polar surface area (TPSA) is 78.6 Å². The van der Waals surface area contributed by atoms with E-state index in [0.717, 1.165) is 11.8 Å². The third kappa shape index (κ3) is 3.00. The molecule has 28 heavy (non-hydrogen) atoms. The van der Waals surface area contributed by atoms with Crippen LogP contribution in [0.1, 0.15) is 12.0 Å². The number of aromatic nitrogens is 1. The molecule has 0 aliphatic carbocycles. The lowest BCUT2D eigenvalue weighted by atomic mass is 10.1. The molecule has 3 heterocycles. The number of anilines is 1. The molecule has 144 valence electrons. The van der Waals surface area contributed by atoms with Gasteiger partial charge in [-0.1, -0.05) is 11.6 Å². The summed E-state index contributed by atoms with van der Waals surface area (Å²) in [6.45, 7) is 2.56. The summed E-state index contributed by atoms with van der Waals surface area (Å²) < 4.78 is 6.84. The van der Waals surface area contributed by atoms with Gasteiger partial charge in [0.25, 0.3) is 11.5 Å². The van der Waals surface area contributed by atoms with E-state index in [9.17, 15) is 14.9 Å². The molecule has 1 aromatic carbocycles. The lowest BCUT2D eigenvalue weighted by Crippen LogP contribution is -2.49. The molecule has 4 rings (SSSR count). The van der Waals surface area contributed by atoms with E-state index in [0.29, 0.717) is 54.8 Å². The van der Waals surface area contributed by atoms with Crippen molar-refractivity contribution in [3.05, 3.63) is 51.0 Å². The summed E-state index contributed by atoms with van der Waals surface area (Å²) in [5, 5.41) is 10.9. The SMILES string of the molecule is Cn1c(=O)c(C#N)c(N2CCN(C(=O)C3=CCCO3)CC2)c2cc(Cl)ccc21. The van der Waals surface area contributed by atoms with Crippen LogP contribution in [-0.2, 0) is 16.6 Å². The predicted molar refractivity (Wildman–Crippen MR) is 106 cm³/mol. The fourth-order valence-electron chi connectivity index (χ4n) is 3.79. The Hall–Kier alpha value is -2.98. The molecule has 0 N–H and O–H groups in total. The van der Waals surface area contributed by atoms with Crippen LogP contribution in [0.15, 0.2) is 34.8 Å². The van der Waals surface area contributed by atoms with E-state index < -0.39 is 0 Å². The maximum atomic E-state index is 12.7. The van der Waals surface area contributed by atoms with Crippen molar-refractivity contribution in [1.29, 1.82) is 5.26 Å². The van der Waals surface area contributed by atoms with Crippen LogP contribution >= 0.6 is 11.6 Å². The monoisotopic (exact) mass is 398 g/mol. The first kappa shape index (κ1) is 18.4. The Labute approximate surface area is 167 Å². The summed E-state index contributed by atoms with van der Waals surface area (Å²) in [6.07, 6.45) is 2.57. The molecular weight excluding hydrogens is 380 g/mol. The fourth-order valence-corrected chi connectivity index (χ4v) is 3.96. The summed E-state index contributed by atoms with van der Waals surface area (Å²) in [4.78, 5) is 29.0. The van der Waals surface area contributed by atoms with E-state index in [1.54, 1.807) is 30.1 Å². The molecule has 1 saturated heterocycles. The molecule has 7 nitrogen and oxygen atoms in total. The number of amides is 1. The molecule has 0 spiro atoms. The van der Waals surface area contributed by atoms with Gasteiger partial charge in [-0.15, -0.1) is 0 Å². The van der Waals surface area contributed by atoms with Gasteiger partial charge in [0.2, 0.25) is 0 Å². The van der Waals surface area contributed by atoms with E-state index in [1.807, 2.05) is 11.0 Å². The number of nitrogens with zero attached hydrogens (tertiary/aromatic N) is 4. The number of rotatable bonds is 2. The van der Waals surface area contributed by atoms with Crippen LogP contribution in [0.25, 0.3) is 10.9 Å². The summed E-state index contributed by atoms with van der Waals surface area (Å²) in [6, 6.07) is 7.36. The van der Waals surface area contributed by atoms with Crippen molar-refractivity contribution in [2.45, 2.75) is 6.42 Å². The summed E-state index contributed by atoms with van der Waals surface area (Å²) in [5.41, 5.74) is 1.06. The summed E-state index contributed by atoms with van der Waals surface area (Å²) in [5.74, 6) is 0.312. The van der Waals surface area contributed by atoms with Gasteiger partial charge in [-0.05, 0) is 24.3 Å². The van der Waals surface area contributed by atoms with Gasteiger partial charge in [-0.25, -0.2) is 0 Å². The Morgan fingerprint density at radius 1 is 1.25 bits per heavy atom. The Balaban J connectivity index is 1.69. The Morgan fingerprint density at radius 2 is 2.00 bits per heavy atom. The molecule has 2 aliphatic heterocycles. The maximum Gasteiger partial charge on any atom is 0.288 e. The second kappa shape index (κ2) is 7.21. The second-order valence-electron chi connectivity index (χ2n) is 6.85. The van der Waals surface area contributed by atoms with Gasteiger partial charge in [0.1, 0.15) is 11.6 Å². The number of pyridine rings is 1. The zero-order valence-electron chi connectivity index (χ0n) is 15.4. The van der Waals surface area contributed by atoms with E-state index >= 15 is 0 Å². The molecule has 0 radical (unpaired) electrons. The molecule has 8 heteroatoms. The highest BCUT2D eigenvalue weighted by Crippen LogP contribution is 2.31. The Kier molecular flexibility index (Phi) is 4.73. The number of piperazine rings is 1. The van der Waals surface area contributed by atoms with Crippen molar-refractivity contribution in [3.8, 4) is 6.07 Å². The molecule has 1 amide bonds. The predicted octanol–water partition coefficient (Wildman–Crippen LogP) is 2.02. The van der Waals surface area contributed by atoms with Gasteiger partial charge in [-0.2, -0.15) is 5.26 Å². The molecule has 0 unspecified atom stereocenters. The van der Waals surface area contributed by atoms with E-state index in [1.165, 1.54) is 4.57 Å². The molecule has 0 saturated carbocycles. The van der Waals surface area contributed by atoms with Crippen molar-refractivity contribution < 1.29 is 9.53 Å². The van der Waals surface area contributed by atoms with Gasteiger partial charge in [-0.3, -0.25) is 9.59 Å². The van der Waals surface area contributed by atoms with Crippen LogP contribution in [0.3, 0.4) is 0 Å². The third-order valence-corrected chi connectivity index (χ3v) is 5.48. The molecule has 1 fully saturated rings. The zero-order chi connectivity index (χ0) is 19.8. The highest BCUT2D eigenvalue weighted by molar-refractivity contribution is 6.31.